The molecule has 0 saturated carbocycles. The van der Waals surface area contributed by atoms with Gasteiger partial charge in [0.2, 0.25) is 5.91 Å². The van der Waals surface area contributed by atoms with Gasteiger partial charge in [-0.1, -0.05) is 53.7 Å². The summed E-state index contributed by atoms with van der Waals surface area (Å²) in [7, 11) is 0. The van der Waals surface area contributed by atoms with Gasteiger partial charge in [0.05, 0.1) is 5.69 Å². The third-order valence-corrected chi connectivity index (χ3v) is 2.97. The van der Waals surface area contributed by atoms with Crippen LogP contribution in [0.25, 0.3) is 0 Å². The number of hydrogen-bond donors (Lipinski definition) is 2. The zero-order chi connectivity index (χ0) is 14.4. The number of oxime groups is 1. The Morgan fingerprint density at radius 1 is 1.10 bits per heavy atom. The molecular formula is C15H13ClN2O2. The molecule has 0 aliphatic heterocycles. The number of nitrogens with zero attached hydrogens (tertiary/aromatic N) is 1. The van der Waals surface area contributed by atoms with Crippen LogP contribution in [0.3, 0.4) is 0 Å². The molecule has 1 amide bonds. The summed E-state index contributed by atoms with van der Waals surface area (Å²) < 4.78 is 0. The van der Waals surface area contributed by atoms with E-state index in [0.29, 0.717) is 17.0 Å². The molecule has 0 fully saturated rings. The minimum atomic E-state index is -0.315. The van der Waals surface area contributed by atoms with Gasteiger partial charge in [-0.25, -0.2) is 0 Å². The van der Waals surface area contributed by atoms with Crippen LogP contribution in [0.4, 0.5) is 5.69 Å². The molecule has 0 spiro atoms. The highest BCUT2D eigenvalue weighted by Gasteiger charge is 2.13. The number of para-hydroxylation sites is 1. The Bertz CT molecular complexity index is 627. The average molecular weight is 289 g/mol. The van der Waals surface area contributed by atoms with E-state index in [4.69, 9.17) is 11.6 Å². The van der Waals surface area contributed by atoms with E-state index in [-0.39, 0.29) is 11.8 Å². The molecule has 0 aliphatic carbocycles. The smallest absolute Gasteiger partial charge is 0.239 e. The van der Waals surface area contributed by atoms with Gasteiger partial charge in [-0.2, -0.15) is 0 Å². The van der Waals surface area contributed by atoms with Crippen molar-refractivity contribution in [2.24, 2.45) is 5.16 Å². The molecule has 102 valence electrons. The lowest BCUT2D eigenvalue weighted by molar-refractivity contribution is -0.113. The molecule has 5 heteroatoms. The zero-order valence-electron chi connectivity index (χ0n) is 10.6. The summed E-state index contributed by atoms with van der Waals surface area (Å²) in [5.74, 6) is -0.449. The molecule has 0 aromatic heterocycles. The number of carbonyl (C=O) groups excluding carboxylic acids is 1. The second-order valence-corrected chi connectivity index (χ2v) is 4.31. The van der Waals surface area contributed by atoms with Crippen LogP contribution in [0.1, 0.15) is 11.1 Å². The van der Waals surface area contributed by atoms with Crippen molar-refractivity contribution in [1.82, 2.24) is 0 Å². The van der Waals surface area contributed by atoms with Crippen LogP contribution >= 0.6 is 11.6 Å². The van der Waals surface area contributed by atoms with Crippen molar-refractivity contribution in [2.75, 3.05) is 11.2 Å². The number of carbonyl (C=O) groups is 1. The predicted octanol–water partition coefficient (Wildman–Crippen LogP) is 3.09. The van der Waals surface area contributed by atoms with Gasteiger partial charge in [0.25, 0.3) is 0 Å². The van der Waals surface area contributed by atoms with Crippen molar-refractivity contribution in [1.29, 1.82) is 0 Å². The van der Waals surface area contributed by atoms with Crippen LogP contribution in [0.15, 0.2) is 59.8 Å². The zero-order valence-corrected chi connectivity index (χ0v) is 11.3. The molecule has 4 nitrogen and oxygen atoms in total. The van der Waals surface area contributed by atoms with E-state index < -0.39 is 0 Å². The van der Waals surface area contributed by atoms with Crippen molar-refractivity contribution in [3.05, 3.63) is 65.7 Å². The first-order chi connectivity index (χ1) is 9.76. The van der Waals surface area contributed by atoms with E-state index in [0.717, 1.165) is 5.56 Å². The molecule has 2 N–H and O–H groups in total. The van der Waals surface area contributed by atoms with E-state index >= 15 is 0 Å². The maximum atomic E-state index is 11.4. The fraction of sp³-hybridized carbons (Fsp3) is 0.0667. The number of benzene rings is 2. The molecule has 0 heterocycles. The fourth-order valence-corrected chi connectivity index (χ4v) is 1.91. The standard InChI is InChI=1S/C15H13ClN2O2/c16-10-14(19)17-13-9-5-4-8-12(13)15(18-20)11-6-2-1-3-7-11/h1-9,20H,10H2,(H,17,19)/b18-15-. The second-order valence-electron chi connectivity index (χ2n) is 4.04. The first kappa shape index (κ1) is 14.1. The number of amides is 1. The Kier molecular flexibility index (Phi) is 4.74. The molecule has 2 rings (SSSR count). The van der Waals surface area contributed by atoms with E-state index in [2.05, 4.69) is 10.5 Å². The molecule has 0 radical (unpaired) electrons. The van der Waals surface area contributed by atoms with Crippen LogP contribution in [0.5, 0.6) is 0 Å². The number of hydrogen-bond acceptors (Lipinski definition) is 3. The summed E-state index contributed by atoms with van der Waals surface area (Å²) in [5.41, 5.74) is 2.31. The molecule has 2 aromatic carbocycles. The maximum Gasteiger partial charge on any atom is 0.239 e. The Morgan fingerprint density at radius 3 is 2.40 bits per heavy atom. The Balaban J connectivity index is 2.43. The first-order valence-electron chi connectivity index (χ1n) is 5.99. The van der Waals surface area contributed by atoms with Crippen LogP contribution in [0, 0.1) is 0 Å². The number of anilines is 1. The number of alkyl halides is 1. The Labute approximate surface area is 121 Å². The summed E-state index contributed by atoms with van der Waals surface area (Å²) in [5, 5.41) is 15.3. The number of nitrogens with one attached hydrogen (secondary N) is 1. The van der Waals surface area contributed by atoms with Crippen LogP contribution in [0.2, 0.25) is 0 Å². The van der Waals surface area contributed by atoms with Gasteiger partial charge in [0, 0.05) is 11.1 Å². The van der Waals surface area contributed by atoms with Gasteiger partial charge in [-0.05, 0) is 6.07 Å². The Morgan fingerprint density at radius 2 is 1.75 bits per heavy atom. The Hall–Kier alpha value is -2.33. The van der Waals surface area contributed by atoms with E-state index in [1.165, 1.54) is 0 Å². The summed E-state index contributed by atoms with van der Waals surface area (Å²) in [6.45, 7) is 0. The summed E-state index contributed by atoms with van der Waals surface area (Å²) in [4.78, 5) is 11.4. The summed E-state index contributed by atoms with van der Waals surface area (Å²) >= 11 is 5.49. The third kappa shape index (κ3) is 3.16. The minimum absolute atomic E-state index is 0.134. The van der Waals surface area contributed by atoms with E-state index in [9.17, 15) is 10.0 Å². The van der Waals surface area contributed by atoms with Crippen LogP contribution < -0.4 is 5.32 Å². The van der Waals surface area contributed by atoms with Gasteiger partial charge in [-0.15, -0.1) is 11.6 Å². The largest absolute Gasteiger partial charge is 0.410 e. The summed E-state index contributed by atoms with van der Waals surface area (Å²) in [6, 6.07) is 16.3. The van der Waals surface area contributed by atoms with Crippen molar-refractivity contribution in [3.63, 3.8) is 0 Å². The lowest BCUT2D eigenvalue weighted by atomic mass is 10.0. The lowest BCUT2D eigenvalue weighted by Crippen LogP contribution is -2.16. The molecule has 2 aromatic rings. The van der Waals surface area contributed by atoms with Gasteiger partial charge in [0.15, 0.2) is 0 Å². The van der Waals surface area contributed by atoms with E-state index in [1.54, 1.807) is 24.3 Å². The predicted molar refractivity (Wildman–Crippen MR) is 79.7 cm³/mol. The van der Waals surface area contributed by atoms with Gasteiger partial charge in [-0.3, -0.25) is 4.79 Å². The van der Waals surface area contributed by atoms with Crippen molar-refractivity contribution in [2.45, 2.75) is 0 Å². The minimum Gasteiger partial charge on any atom is -0.410 e. The van der Waals surface area contributed by atoms with Crippen molar-refractivity contribution >= 4 is 28.9 Å². The SMILES string of the molecule is O=C(CCl)Nc1ccccc1/C(=N\O)c1ccccc1. The monoisotopic (exact) mass is 288 g/mol. The van der Waals surface area contributed by atoms with E-state index in [1.807, 2.05) is 30.3 Å². The maximum absolute atomic E-state index is 11.4. The first-order valence-corrected chi connectivity index (χ1v) is 6.52. The average Bonchev–Trinajstić information content (AvgIpc) is 2.50. The molecule has 0 bridgehead atoms. The lowest BCUT2D eigenvalue weighted by Gasteiger charge is -2.11. The van der Waals surface area contributed by atoms with Crippen molar-refractivity contribution in [3.8, 4) is 0 Å². The quantitative estimate of drug-likeness (QED) is 0.393. The molecule has 0 atom stereocenters. The highest BCUT2D eigenvalue weighted by Crippen LogP contribution is 2.20. The van der Waals surface area contributed by atoms with Gasteiger partial charge in [0.1, 0.15) is 11.6 Å². The molecule has 20 heavy (non-hydrogen) atoms. The van der Waals surface area contributed by atoms with Crippen LogP contribution in [-0.4, -0.2) is 22.7 Å². The van der Waals surface area contributed by atoms with Crippen molar-refractivity contribution < 1.29 is 10.0 Å². The second kappa shape index (κ2) is 6.73. The molecule has 0 unspecified atom stereocenters. The van der Waals surface area contributed by atoms with Gasteiger partial charge < -0.3 is 10.5 Å². The van der Waals surface area contributed by atoms with Crippen LogP contribution in [-0.2, 0) is 4.79 Å². The number of rotatable bonds is 4. The highest BCUT2D eigenvalue weighted by atomic mass is 35.5. The normalized spacial score (nSPS) is 11.2. The number of halogens is 1. The van der Waals surface area contributed by atoms with Gasteiger partial charge >= 0.3 is 0 Å². The highest BCUT2D eigenvalue weighted by molar-refractivity contribution is 6.29. The molecular weight excluding hydrogens is 276 g/mol. The third-order valence-electron chi connectivity index (χ3n) is 2.72. The fourth-order valence-electron chi connectivity index (χ4n) is 1.85. The summed E-state index contributed by atoms with van der Waals surface area (Å²) in [6.07, 6.45) is 0. The molecule has 0 saturated heterocycles. The topological polar surface area (TPSA) is 61.7 Å². The molecule has 0 aliphatic rings.